The van der Waals surface area contributed by atoms with Crippen LogP contribution < -0.4 is 21.9 Å². The number of aromatic nitrogens is 8. The van der Waals surface area contributed by atoms with Crippen LogP contribution >= 0.6 is 36.7 Å². The fourth-order valence-corrected chi connectivity index (χ4v) is 15.0. The van der Waals surface area contributed by atoms with Gasteiger partial charge in [-0.1, -0.05) is 39.3 Å². The molecule has 0 saturated carbocycles. The first-order chi connectivity index (χ1) is 38.1. The highest BCUT2D eigenvalue weighted by atomic mass is 32.7. The number of fused-ring (bicyclic) bond motifs is 4. The van der Waals surface area contributed by atoms with Gasteiger partial charge in [0.1, 0.15) is 36.3 Å². The van der Waals surface area contributed by atoms with Gasteiger partial charge in [-0.2, -0.15) is 11.8 Å². The number of benzene rings is 1. The Hall–Kier alpha value is -5.17. The SMILES string of the molecule is CSC1CC(=O)N(CCCCCC(=O)N[C@H](C(=O)C[C@@H](C)C(=O)Nc2ccc(CSP3(=O)OC[C@H]4O[C@@H](n5cnc6c(N)ncnc65)[C@H](F)[C@@H]4OP(O)(=S)OC[C@H]4O[C@@H](n5cnc6c(=O)[nH]cnc65)[C@H](F)[C@@H]4O3)cc2)C(C)C)C1=O. The fraction of sp³-hybridized carbons (Fsp3) is 0.553. The van der Waals surface area contributed by atoms with Crippen LogP contribution in [0.5, 0.6) is 0 Å². The molecule has 4 aliphatic heterocycles. The number of ketones is 1. The normalized spacial score (nSPS) is 29.1. The smallest absolute Gasteiger partial charge is 0.382 e. The maximum Gasteiger partial charge on any atom is 0.389 e. The lowest BCUT2D eigenvalue weighted by Gasteiger charge is -2.30. The van der Waals surface area contributed by atoms with Crippen LogP contribution in [0.25, 0.3) is 22.3 Å². The Morgan fingerprint density at radius 2 is 1.55 bits per heavy atom. The standard InChI is InChI=1S/C47H58F2N12O14P2S3/c1-23(2)35(58-31(63)8-6-5-7-13-59-32(64)15-30(79-4)45(59)67)27(62)14-24(3)43(65)57-26-11-9-25(10-12-26)18-80-77(69)71-17-29-38(33(48)46(73-29)60-21-55-36-40(50)51-19-52-41(36)60)74-76(68,78)70-16-28-39(75-77)34(49)47(72-28)61-22-56-37-42(61)53-20-54-44(37)66/h9-12,19-24,28-30,33-35,38-39,46-47H,5-8,13-18H2,1-4H3,(H,57,65)(H,58,63)(H,68,78)(H2,50,51,52)(H,53,54,66)/t24-,28-,29-,30?,33-,34-,35+,38-,39-,46-,47-,76?,77?/m1/s1. The molecule has 4 amide bonds. The summed E-state index contributed by atoms with van der Waals surface area (Å²) in [4.78, 5) is 112. The summed E-state index contributed by atoms with van der Waals surface area (Å²) in [5.74, 6) is -2.67. The molecule has 1 aromatic carbocycles. The average Bonchev–Trinajstić information content (AvgIpc) is 4.25. The second-order valence-corrected chi connectivity index (χ2v) is 27.6. The maximum atomic E-state index is 17.0. The molecule has 0 aliphatic carbocycles. The van der Waals surface area contributed by atoms with E-state index in [0.29, 0.717) is 48.4 Å². The highest BCUT2D eigenvalue weighted by Gasteiger charge is 2.55. The molecular weight excluding hydrogens is 1150 g/mol. The summed E-state index contributed by atoms with van der Waals surface area (Å²) in [6, 6.07) is 5.52. The number of Topliss-reactive ketones (excluding diaryl/α,β-unsaturated/α-hetero) is 1. The number of anilines is 2. The van der Waals surface area contributed by atoms with E-state index in [-0.39, 0.29) is 87.8 Å². The molecule has 8 heterocycles. The number of nitrogens with one attached hydrogen (secondary N) is 3. The Morgan fingerprint density at radius 3 is 2.21 bits per heavy atom. The molecule has 33 heteroatoms. The maximum absolute atomic E-state index is 17.0. The molecule has 0 radical (unpaired) electrons. The average molecular weight is 1210 g/mol. The van der Waals surface area contributed by atoms with Gasteiger partial charge in [-0.25, -0.2) is 38.3 Å². The molecule has 432 valence electrons. The van der Waals surface area contributed by atoms with E-state index in [1.54, 1.807) is 51.3 Å². The number of rotatable bonds is 19. The molecule has 26 nitrogen and oxygen atoms in total. The minimum absolute atomic E-state index is 0.00761. The number of likely N-dealkylation sites (tertiary alicyclic amines) is 1. The first kappa shape index (κ1) is 59.5. The predicted octanol–water partition coefficient (Wildman–Crippen LogP) is 4.81. The Morgan fingerprint density at radius 1 is 0.900 bits per heavy atom. The molecule has 5 aromatic rings. The predicted molar refractivity (Wildman–Crippen MR) is 290 cm³/mol. The molecule has 0 bridgehead atoms. The molecule has 4 saturated heterocycles. The molecule has 13 atom stereocenters. The van der Waals surface area contributed by atoms with Crippen molar-refractivity contribution in [3.8, 4) is 0 Å². The van der Waals surface area contributed by atoms with Crippen molar-refractivity contribution in [2.45, 2.75) is 126 Å². The van der Waals surface area contributed by atoms with E-state index in [2.05, 4.69) is 40.5 Å². The highest BCUT2D eigenvalue weighted by Crippen LogP contribution is 2.65. The second-order valence-electron chi connectivity index (χ2n) is 19.7. The molecule has 4 aromatic heterocycles. The minimum Gasteiger partial charge on any atom is -0.382 e. The van der Waals surface area contributed by atoms with E-state index in [9.17, 15) is 33.7 Å². The molecule has 6 N–H and O–H groups in total. The number of carbonyl (C=O) groups is 5. The number of imidazole rings is 2. The first-order valence-corrected chi connectivity index (χ1v) is 32.4. The Kier molecular flexibility index (Phi) is 18.7. The monoisotopic (exact) mass is 1210 g/mol. The number of carbonyl (C=O) groups excluding carboxylic acids is 5. The Balaban J connectivity index is 0.847. The van der Waals surface area contributed by atoms with Gasteiger partial charge < -0.3 is 40.2 Å². The largest absolute Gasteiger partial charge is 0.389 e. The summed E-state index contributed by atoms with van der Waals surface area (Å²) in [5.41, 5.74) is 6.29. The summed E-state index contributed by atoms with van der Waals surface area (Å²) in [5, 5.41) is 5.25. The number of halogens is 2. The van der Waals surface area contributed by atoms with E-state index >= 15 is 13.3 Å². The number of ether oxygens (including phenoxy) is 2. The number of aromatic amines is 1. The van der Waals surface area contributed by atoms with Crippen molar-refractivity contribution in [2.75, 3.05) is 37.1 Å². The van der Waals surface area contributed by atoms with Crippen molar-refractivity contribution in [1.82, 2.24) is 49.3 Å². The number of nitrogens with two attached hydrogens (primary N) is 1. The number of thioether (sulfide) groups is 1. The van der Waals surface area contributed by atoms with Gasteiger partial charge in [0.15, 0.2) is 53.2 Å². The minimum atomic E-state index is -4.63. The summed E-state index contributed by atoms with van der Waals surface area (Å²) >= 11 is 7.30. The van der Waals surface area contributed by atoms with Gasteiger partial charge in [0.05, 0.1) is 43.5 Å². The van der Waals surface area contributed by atoms with Gasteiger partial charge in [0.25, 0.3) is 5.56 Å². The summed E-state index contributed by atoms with van der Waals surface area (Å²) in [6.07, 6.45) is -5.70. The van der Waals surface area contributed by atoms with E-state index in [4.69, 9.17) is 45.1 Å². The zero-order chi connectivity index (χ0) is 57.2. The number of amides is 4. The van der Waals surface area contributed by atoms with Crippen LogP contribution in [-0.2, 0) is 73.7 Å². The summed E-state index contributed by atoms with van der Waals surface area (Å²) in [6.45, 7) is -5.05. The Labute approximate surface area is 468 Å². The zero-order valence-electron chi connectivity index (χ0n) is 43.4. The third-order valence-electron chi connectivity index (χ3n) is 13.8. The lowest BCUT2D eigenvalue weighted by molar-refractivity contribution is -0.138. The van der Waals surface area contributed by atoms with Crippen LogP contribution in [0.3, 0.4) is 0 Å². The molecular formula is C47H58F2N12O14P2S3. The van der Waals surface area contributed by atoms with Crippen molar-refractivity contribution < 1.29 is 69.8 Å². The van der Waals surface area contributed by atoms with E-state index in [1.165, 1.54) is 27.6 Å². The molecule has 4 fully saturated rings. The molecule has 4 aliphatic rings. The first-order valence-electron chi connectivity index (χ1n) is 25.4. The molecule has 9 rings (SSSR count). The van der Waals surface area contributed by atoms with Crippen LogP contribution in [0.15, 0.2) is 54.4 Å². The number of hydrogen-bond donors (Lipinski definition) is 5. The quantitative estimate of drug-likeness (QED) is 0.0420. The third kappa shape index (κ3) is 13.2. The van der Waals surface area contributed by atoms with Crippen molar-refractivity contribution >= 4 is 112 Å². The zero-order valence-corrected chi connectivity index (χ0v) is 47.6. The number of H-pyrrole nitrogens is 1. The highest BCUT2D eigenvalue weighted by molar-refractivity contribution is 8.54. The van der Waals surface area contributed by atoms with Gasteiger partial charge in [0, 0.05) is 43.2 Å². The Bertz CT molecular complexity index is 3290. The number of alkyl halides is 2. The van der Waals surface area contributed by atoms with Gasteiger partial charge >= 0.3 is 13.5 Å². The topological polar surface area (TPSA) is 339 Å². The number of unbranched alkanes of at least 4 members (excludes halogenated alkanes) is 2. The molecule has 80 heavy (non-hydrogen) atoms. The van der Waals surface area contributed by atoms with Crippen molar-refractivity contribution in [3.05, 3.63) is 65.5 Å². The van der Waals surface area contributed by atoms with E-state index < -0.39 is 99.4 Å². The number of nitrogen functional groups attached to an aromatic ring is 1. The van der Waals surface area contributed by atoms with Crippen LogP contribution in [0, 0.1) is 11.8 Å². The van der Waals surface area contributed by atoms with E-state index in [1.807, 2.05) is 0 Å². The number of nitrogens with zero attached hydrogens (tertiary/aromatic N) is 8. The van der Waals surface area contributed by atoms with Gasteiger partial charge in [0.2, 0.25) is 23.6 Å². The van der Waals surface area contributed by atoms with Crippen LogP contribution in [0.2, 0.25) is 0 Å². The third-order valence-corrected chi connectivity index (χ3v) is 20.0. The van der Waals surface area contributed by atoms with Crippen LogP contribution in [0.4, 0.5) is 20.3 Å². The lowest BCUT2D eigenvalue weighted by atomic mass is 9.92. The van der Waals surface area contributed by atoms with Crippen molar-refractivity contribution in [2.24, 2.45) is 11.8 Å². The number of imide groups is 1. The van der Waals surface area contributed by atoms with Crippen molar-refractivity contribution in [1.29, 1.82) is 0 Å². The van der Waals surface area contributed by atoms with Crippen molar-refractivity contribution in [3.63, 3.8) is 0 Å². The van der Waals surface area contributed by atoms with E-state index in [0.717, 1.165) is 23.5 Å². The van der Waals surface area contributed by atoms with Crippen LogP contribution in [-0.4, -0.2) is 152 Å². The van der Waals surface area contributed by atoms with Crippen LogP contribution in [0.1, 0.15) is 77.3 Å². The second kappa shape index (κ2) is 25.1. The van der Waals surface area contributed by atoms with Gasteiger partial charge in [-0.15, -0.1) is 0 Å². The number of hydrogen-bond acceptors (Lipinski definition) is 22. The van der Waals surface area contributed by atoms with Gasteiger partial charge in [-0.3, -0.25) is 56.4 Å². The summed E-state index contributed by atoms with van der Waals surface area (Å²) in [7, 11) is 0. The van der Waals surface area contributed by atoms with Gasteiger partial charge in [-0.05, 0) is 65.9 Å². The molecule has 0 spiro atoms. The molecule has 3 unspecified atom stereocenters. The fourth-order valence-electron chi connectivity index (χ4n) is 9.52. The summed E-state index contributed by atoms with van der Waals surface area (Å²) < 4.78 is 86.8. The lowest BCUT2D eigenvalue weighted by Crippen LogP contribution is -2.45.